The van der Waals surface area contributed by atoms with Crippen LogP contribution >= 0.6 is 15.9 Å². The number of hydrogen-bond acceptors (Lipinski definition) is 2. The molecule has 3 heteroatoms. The van der Waals surface area contributed by atoms with E-state index in [-0.39, 0.29) is 0 Å². The van der Waals surface area contributed by atoms with Crippen LogP contribution in [0.5, 0.6) is 0 Å². The molecular weight excluding hydrogens is 228 g/mol. The number of aromatic nitrogens is 1. The maximum absolute atomic E-state index is 5.73. The molecule has 0 bridgehead atoms. The quantitative estimate of drug-likeness (QED) is 0.823. The van der Waals surface area contributed by atoms with Gasteiger partial charge < -0.3 is 5.73 Å². The lowest BCUT2D eigenvalue weighted by Gasteiger charge is -2.12. The summed E-state index contributed by atoms with van der Waals surface area (Å²) in [6.45, 7) is 0.800. The largest absolute Gasteiger partial charge is 0.330 e. The smallest absolute Gasteiger partial charge is 0.109 e. The Kier molecular flexibility index (Phi) is 2.39. The third kappa shape index (κ3) is 1.92. The first-order valence-electron chi connectivity index (χ1n) is 4.55. The highest BCUT2D eigenvalue weighted by molar-refractivity contribution is 9.10. The Bertz CT molecular complexity index is 308. The molecule has 2 rings (SSSR count). The average molecular weight is 241 g/mol. The molecule has 1 fully saturated rings. The highest BCUT2D eigenvalue weighted by atomic mass is 79.9. The maximum Gasteiger partial charge on any atom is 0.109 e. The van der Waals surface area contributed by atoms with E-state index in [1.54, 1.807) is 6.20 Å². The maximum atomic E-state index is 5.73. The lowest BCUT2D eigenvalue weighted by Crippen LogP contribution is -2.18. The molecule has 0 unspecified atom stereocenters. The summed E-state index contributed by atoms with van der Waals surface area (Å²) in [4.78, 5) is 4.20. The lowest BCUT2D eigenvalue weighted by molar-refractivity contribution is 0.519. The van der Waals surface area contributed by atoms with Crippen molar-refractivity contribution >= 4 is 15.9 Å². The van der Waals surface area contributed by atoms with Crippen molar-refractivity contribution in [2.24, 2.45) is 11.1 Å². The molecule has 1 aliphatic rings. The summed E-state index contributed by atoms with van der Waals surface area (Å²) in [6, 6.07) is 4.10. The van der Waals surface area contributed by atoms with Crippen molar-refractivity contribution in [3.8, 4) is 0 Å². The summed E-state index contributed by atoms with van der Waals surface area (Å²) in [5.74, 6) is 0. The highest BCUT2D eigenvalue weighted by Crippen LogP contribution is 2.47. The van der Waals surface area contributed by atoms with Gasteiger partial charge in [0.25, 0.3) is 0 Å². The second-order valence-electron chi connectivity index (χ2n) is 3.83. The van der Waals surface area contributed by atoms with Gasteiger partial charge in [-0.15, -0.1) is 0 Å². The second kappa shape index (κ2) is 3.39. The van der Waals surface area contributed by atoms with Crippen molar-refractivity contribution in [3.63, 3.8) is 0 Å². The number of nitrogens with two attached hydrogens (primary N) is 1. The van der Waals surface area contributed by atoms with Gasteiger partial charge >= 0.3 is 0 Å². The van der Waals surface area contributed by atoms with Crippen LogP contribution in [-0.4, -0.2) is 11.5 Å². The van der Waals surface area contributed by atoms with Crippen molar-refractivity contribution < 1.29 is 0 Å². The average Bonchev–Trinajstić information content (AvgIpc) is 2.90. The Balaban J connectivity index is 2.14. The third-order valence-electron chi connectivity index (χ3n) is 2.79. The molecule has 1 aromatic heterocycles. The van der Waals surface area contributed by atoms with Crippen LogP contribution in [0.1, 0.15) is 18.4 Å². The molecule has 1 saturated carbocycles. The molecule has 1 aromatic rings. The number of rotatable bonds is 3. The van der Waals surface area contributed by atoms with Crippen LogP contribution in [0.4, 0.5) is 0 Å². The van der Waals surface area contributed by atoms with Gasteiger partial charge in [0, 0.05) is 6.20 Å². The van der Waals surface area contributed by atoms with Crippen LogP contribution in [-0.2, 0) is 6.42 Å². The molecule has 70 valence electrons. The van der Waals surface area contributed by atoms with Crippen molar-refractivity contribution in [1.82, 2.24) is 4.98 Å². The zero-order valence-electron chi connectivity index (χ0n) is 7.46. The monoisotopic (exact) mass is 240 g/mol. The van der Waals surface area contributed by atoms with Gasteiger partial charge in [-0.3, -0.25) is 0 Å². The van der Waals surface area contributed by atoms with Crippen LogP contribution in [0.15, 0.2) is 22.9 Å². The van der Waals surface area contributed by atoms with Gasteiger partial charge in [0.05, 0.1) is 0 Å². The van der Waals surface area contributed by atoms with Gasteiger partial charge in [-0.25, -0.2) is 4.98 Å². The predicted molar refractivity (Wildman–Crippen MR) is 56.4 cm³/mol. The van der Waals surface area contributed by atoms with Crippen molar-refractivity contribution in [3.05, 3.63) is 28.5 Å². The molecule has 13 heavy (non-hydrogen) atoms. The van der Waals surface area contributed by atoms with E-state index in [0.717, 1.165) is 17.6 Å². The van der Waals surface area contributed by atoms with E-state index < -0.39 is 0 Å². The molecule has 0 radical (unpaired) electrons. The van der Waals surface area contributed by atoms with Crippen molar-refractivity contribution in [1.29, 1.82) is 0 Å². The number of hydrogen-bond donors (Lipinski definition) is 1. The van der Waals surface area contributed by atoms with Crippen molar-refractivity contribution in [2.45, 2.75) is 19.3 Å². The minimum atomic E-state index is 0.394. The standard InChI is InChI=1S/C10H13BrN2/c11-9-8(2-1-5-13-9)6-10(7-12)3-4-10/h1-2,5H,3-4,6-7,12H2. The fraction of sp³-hybridized carbons (Fsp3) is 0.500. The summed E-state index contributed by atoms with van der Waals surface area (Å²) in [5.41, 5.74) is 7.41. The molecular formula is C10H13BrN2. The summed E-state index contributed by atoms with van der Waals surface area (Å²) < 4.78 is 0.967. The third-order valence-corrected chi connectivity index (χ3v) is 3.51. The van der Waals surface area contributed by atoms with E-state index >= 15 is 0 Å². The normalized spacial score (nSPS) is 18.6. The number of pyridine rings is 1. The van der Waals surface area contributed by atoms with Crippen LogP contribution in [0.25, 0.3) is 0 Å². The van der Waals surface area contributed by atoms with Gasteiger partial charge in [0.2, 0.25) is 0 Å². The van der Waals surface area contributed by atoms with E-state index in [4.69, 9.17) is 5.73 Å². The summed E-state index contributed by atoms with van der Waals surface area (Å²) >= 11 is 3.45. The Hall–Kier alpha value is -0.410. The number of halogens is 1. The lowest BCUT2D eigenvalue weighted by atomic mass is 9.98. The SMILES string of the molecule is NCC1(Cc2cccnc2Br)CC1. The van der Waals surface area contributed by atoms with Crippen LogP contribution in [0, 0.1) is 5.41 Å². The van der Waals surface area contributed by atoms with Gasteiger partial charge in [-0.05, 0) is 58.8 Å². The molecule has 1 heterocycles. The minimum Gasteiger partial charge on any atom is -0.330 e. The van der Waals surface area contributed by atoms with Crippen LogP contribution < -0.4 is 5.73 Å². The minimum absolute atomic E-state index is 0.394. The first-order chi connectivity index (χ1) is 6.26. The zero-order valence-corrected chi connectivity index (χ0v) is 9.05. The highest BCUT2D eigenvalue weighted by Gasteiger charge is 2.41. The van der Waals surface area contributed by atoms with E-state index in [1.807, 2.05) is 6.07 Å². The summed E-state index contributed by atoms with van der Waals surface area (Å²) in [7, 11) is 0. The Morgan fingerprint density at radius 2 is 2.31 bits per heavy atom. The molecule has 0 atom stereocenters. The van der Waals surface area contributed by atoms with E-state index in [2.05, 4.69) is 27.0 Å². The van der Waals surface area contributed by atoms with Gasteiger partial charge in [0.15, 0.2) is 0 Å². The van der Waals surface area contributed by atoms with Gasteiger partial charge in [0.1, 0.15) is 4.60 Å². The Morgan fingerprint density at radius 3 is 2.85 bits per heavy atom. The zero-order chi connectivity index (χ0) is 9.31. The molecule has 1 aliphatic carbocycles. The van der Waals surface area contributed by atoms with E-state index in [0.29, 0.717) is 5.41 Å². The Labute approximate surface area is 86.7 Å². The van der Waals surface area contributed by atoms with E-state index in [1.165, 1.54) is 18.4 Å². The number of nitrogens with zero attached hydrogens (tertiary/aromatic N) is 1. The van der Waals surface area contributed by atoms with E-state index in [9.17, 15) is 0 Å². The van der Waals surface area contributed by atoms with Crippen molar-refractivity contribution in [2.75, 3.05) is 6.54 Å². The fourth-order valence-electron chi connectivity index (χ4n) is 1.59. The topological polar surface area (TPSA) is 38.9 Å². The Morgan fingerprint density at radius 1 is 1.54 bits per heavy atom. The van der Waals surface area contributed by atoms with Crippen LogP contribution in [0.2, 0.25) is 0 Å². The summed E-state index contributed by atoms with van der Waals surface area (Å²) in [6.07, 6.45) is 5.41. The van der Waals surface area contributed by atoms with Crippen LogP contribution in [0.3, 0.4) is 0 Å². The molecule has 2 N–H and O–H groups in total. The molecule has 2 nitrogen and oxygen atoms in total. The fourth-order valence-corrected chi connectivity index (χ4v) is 1.98. The molecule has 0 spiro atoms. The molecule has 0 aliphatic heterocycles. The first kappa shape index (κ1) is 9.16. The summed E-state index contributed by atoms with van der Waals surface area (Å²) in [5, 5.41) is 0. The molecule has 0 aromatic carbocycles. The molecule has 0 saturated heterocycles. The predicted octanol–water partition coefficient (Wildman–Crippen LogP) is 2.13. The second-order valence-corrected chi connectivity index (χ2v) is 4.59. The molecule has 0 amide bonds. The van der Waals surface area contributed by atoms with Gasteiger partial charge in [-0.2, -0.15) is 0 Å². The first-order valence-corrected chi connectivity index (χ1v) is 5.35. The van der Waals surface area contributed by atoms with Gasteiger partial charge in [-0.1, -0.05) is 6.07 Å².